The fourth-order valence-corrected chi connectivity index (χ4v) is 2.58. The molecule has 19 heavy (non-hydrogen) atoms. The predicted octanol–water partition coefficient (Wildman–Crippen LogP) is 2.07. The second-order valence-corrected chi connectivity index (χ2v) is 4.91. The van der Waals surface area contributed by atoms with Gasteiger partial charge in [0.25, 0.3) is 0 Å². The molecule has 0 saturated carbocycles. The number of nitrogens with zero attached hydrogens (tertiary/aromatic N) is 3. The number of fused-ring (bicyclic) bond motifs is 1. The van der Waals surface area contributed by atoms with Crippen molar-refractivity contribution in [3.8, 4) is 6.07 Å². The molecule has 4 nitrogen and oxygen atoms in total. The molecule has 1 aliphatic rings. The number of rotatable bonds is 1. The molecule has 0 amide bonds. The molecule has 96 valence electrons. The van der Waals surface area contributed by atoms with Crippen molar-refractivity contribution in [2.45, 2.75) is 18.9 Å². The maximum atomic E-state index is 9.77. The van der Waals surface area contributed by atoms with Gasteiger partial charge in [0.15, 0.2) is 0 Å². The number of anilines is 1. The summed E-state index contributed by atoms with van der Waals surface area (Å²) in [6.45, 7) is 1.40. The Kier molecular flexibility index (Phi) is 3.06. The number of β-amino-alcohol motifs (C(OH)–C–C–N with tert-alkyl or cyclic N) is 1. The summed E-state index contributed by atoms with van der Waals surface area (Å²) in [5.41, 5.74) is 1.46. The molecule has 0 spiro atoms. The quantitative estimate of drug-likeness (QED) is 0.845. The minimum absolute atomic E-state index is 0.325. The van der Waals surface area contributed by atoms with Crippen molar-refractivity contribution in [3.05, 3.63) is 35.9 Å². The number of piperidine rings is 1. The number of hydrogen-bond acceptors (Lipinski definition) is 4. The van der Waals surface area contributed by atoms with Crippen LogP contribution in [0, 0.1) is 11.3 Å². The number of aliphatic hydroxyl groups is 1. The molecule has 1 fully saturated rings. The molecule has 4 heteroatoms. The van der Waals surface area contributed by atoms with Crippen LogP contribution in [0.2, 0.25) is 0 Å². The highest BCUT2D eigenvalue weighted by atomic mass is 16.3. The molecule has 2 heterocycles. The normalized spacial score (nSPS) is 19.4. The zero-order valence-corrected chi connectivity index (χ0v) is 10.6. The number of pyridine rings is 1. The Labute approximate surface area is 111 Å². The van der Waals surface area contributed by atoms with Crippen LogP contribution < -0.4 is 4.90 Å². The van der Waals surface area contributed by atoms with E-state index in [1.54, 1.807) is 0 Å². The summed E-state index contributed by atoms with van der Waals surface area (Å²) < 4.78 is 0. The standard InChI is InChI=1S/C15H15N3O/c16-9-12-8-11-4-1-2-6-14(11)17-15(12)18-7-3-5-13(19)10-18/h1-2,4,6,8,13,19H,3,5,7,10H2/t13-/m0/s1. The van der Waals surface area contributed by atoms with E-state index >= 15 is 0 Å². The smallest absolute Gasteiger partial charge is 0.147 e. The average Bonchev–Trinajstić information content (AvgIpc) is 2.46. The van der Waals surface area contributed by atoms with E-state index in [2.05, 4.69) is 11.1 Å². The molecule has 1 aliphatic heterocycles. The molecule has 1 saturated heterocycles. The first-order chi connectivity index (χ1) is 9.28. The third-order valence-electron chi connectivity index (χ3n) is 3.52. The van der Waals surface area contributed by atoms with Crippen molar-refractivity contribution in [1.29, 1.82) is 5.26 Å². The Hall–Kier alpha value is -2.12. The molecule has 2 aromatic rings. The fourth-order valence-electron chi connectivity index (χ4n) is 2.58. The van der Waals surface area contributed by atoms with Gasteiger partial charge in [0.2, 0.25) is 0 Å². The van der Waals surface area contributed by atoms with Crippen LogP contribution in [-0.2, 0) is 0 Å². The molecule has 3 rings (SSSR count). The zero-order valence-electron chi connectivity index (χ0n) is 10.6. The minimum atomic E-state index is -0.325. The Morgan fingerprint density at radius 3 is 3.00 bits per heavy atom. The summed E-state index contributed by atoms with van der Waals surface area (Å²) in [7, 11) is 0. The number of aromatic nitrogens is 1. The maximum absolute atomic E-state index is 9.77. The van der Waals surface area contributed by atoms with Crippen LogP contribution in [0.1, 0.15) is 18.4 Å². The van der Waals surface area contributed by atoms with Gasteiger partial charge >= 0.3 is 0 Å². The first kappa shape index (κ1) is 11.9. The van der Waals surface area contributed by atoms with E-state index in [1.807, 2.05) is 35.2 Å². The van der Waals surface area contributed by atoms with Crippen molar-refractivity contribution in [1.82, 2.24) is 4.98 Å². The van der Waals surface area contributed by atoms with Gasteiger partial charge in [0.05, 0.1) is 17.2 Å². The molecule has 1 N–H and O–H groups in total. The highest BCUT2D eigenvalue weighted by Crippen LogP contribution is 2.25. The van der Waals surface area contributed by atoms with E-state index in [-0.39, 0.29) is 6.10 Å². The Morgan fingerprint density at radius 1 is 1.37 bits per heavy atom. The van der Waals surface area contributed by atoms with Gasteiger partial charge in [0.1, 0.15) is 11.9 Å². The first-order valence-electron chi connectivity index (χ1n) is 6.51. The van der Waals surface area contributed by atoms with Crippen molar-refractivity contribution in [3.63, 3.8) is 0 Å². The topological polar surface area (TPSA) is 60.2 Å². The SMILES string of the molecule is N#Cc1cc2ccccc2nc1N1CCC[C@H](O)C1. The molecule has 0 unspecified atom stereocenters. The lowest BCUT2D eigenvalue weighted by Crippen LogP contribution is -2.39. The molecule has 1 aromatic carbocycles. The third kappa shape index (κ3) is 2.25. The Balaban J connectivity index is 2.08. The predicted molar refractivity (Wildman–Crippen MR) is 73.9 cm³/mol. The van der Waals surface area contributed by atoms with Gasteiger partial charge in [0, 0.05) is 18.5 Å². The molecule has 1 atom stereocenters. The lowest BCUT2D eigenvalue weighted by molar-refractivity contribution is 0.154. The van der Waals surface area contributed by atoms with Gasteiger partial charge < -0.3 is 10.0 Å². The fraction of sp³-hybridized carbons (Fsp3) is 0.333. The van der Waals surface area contributed by atoms with Crippen molar-refractivity contribution in [2.24, 2.45) is 0 Å². The molecule has 1 aromatic heterocycles. The van der Waals surface area contributed by atoms with Gasteiger partial charge in [-0.25, -0.2) is 4.98 Å². The van der Waals surface area contributed by atoms with Crippen LogP contribution >= 0.6 is 0 Å². The van der Waals surface area contributed by atoms with E-state index in [4.69, 9.17) is 0 Å². The van der Waals surface area contributed by atoms with E-state index in [1.165, 1.54) is 0 Å². The molecular formula is C15H15N3O. The summed E-state index contributed by atoms with van der Waals surface area (Å²) in [6.07, 6.45) is 1.43. The van der Waals surface area contributed by atoms with Crippen LogP contribution in [0.25, 0.3) is 10.9 Å². The monoisotopic (exact) mass is 253 g/mol. The summed E-state index contributed by atoms with van der Waals surface area (Å²) in [4.78, 5) is 6.61. The molecule has 0 radical (unpaired) electrons. The lowest BCUT2D eigenvalue weighted by atomic mass is 10.1. The first-order valence-corrected chi connectivity index (χ1v) is 6.51. The Morgan fingerprint density at radius 2 is 2.21 bits per heavy atom. The molecule has 0 aliphatic carbocycles. The maximum Gasteiger partial charge on any atom is 0.147 e. The van der Waals surface area contributed by atoms with Crippen molar-refractivity contribution in [2.75, 3.05) is 18.0 Å². The van der Waals surface area contributed by atoms with E-state index in [9.17, 15) is 10.4 Å². The number of hydrogen-bond donors (Lipinski definition) is 1. The Bertz CT molecular complexity index is 647. The highest BCUT2D eigenvalue weighted by molar-refractivity contribution is 5.83. The molecular weight excluding hydrogens is 238 g/mol. The van der Waals surface area contributed by atoms with Crippen LogP contribution in [-0.4, -0.2) is 29.3 Å². The lowest BCUT2D eigenvalue weighted by Gasteiger charge is -2.31. The van der Waals surface area contributed by atoms with E-state index in [0.717, 1.165) is 30.3 Å². The van der Waals surface area contributed by atoms with Gasteiger partial charge in [-0.2, -0.15) is 5.26 Å². The van der Waals surface area contributed by atoms with Crippen molar-refractivity contribution < 1.29 is 5.11 Å². The number of benzene rings is 1. The summed E-state index contributed by atoms with van der Waals surface area (Å²) in [5.74, 6) is 0.694. The second-order valence-electron chi connectivity index (χ2n) is 4.91. The zero-order chi connectivity index (χ0) is 13.2. The number of para-hydroxylation sites is 1. The molecule has 0 bridgehead atoms. The van der Waals surface area contributed by atoms with Gasteiger partial charge in [-0.05, 0) is 25.0 Å². The minimum Gasteiger partial charge on any atom is -0.391 e. The summed E-state index contributed by atoms with van der Waals surface area (Å²) in [6, 6.07) is 11.9. The third-order valence-corrected chi connectivity index (χ3v) is 3.52. The summed E-state index contributed by atoms with van der Waals surface area (Å²) in [5, 5.41) is 20.0. The van der Waals surface area contributed by atoms with Crippen LogP contribution in [0.3, 0.4) is 0 Å². The van der Waals surface area contributed by atoms with Crippen LogP contribution in [0.4, 0.5) is 5.82 Å². The van der Waals surface area contributed by atoms with E-state index in [0.29, 0.717) is 17.9 Å². The van der Waals surface area contributed by atoms with Crippen molar-refractivity contribution >= 4 is 16.7 Å². The second kappa shape index (κ2) is 4.87. The van der Waals surface area contributed by atoms with Gasteiger partial charge in [-0.1, -0.05) is 18.2 Å². The van der Waals surface area contributed by atoms with E-state index < -0.39 is 0 Å². The number of nitriles is 1. The average molecular weight is 253 g/mol. The largest absolute Gasteiger partial charge is 0.391 e. The van der Waals surface area contributed by atoms with Crippen LogP contribution in [0.5, 0.6) is 0 Å². The van der Waals surface area contributed by atoms with Gasteiger partial charge in [-0.3, -0.25) is 0 Å². The number of aliphatic hydroxyl groups excluding tert-OH is 1. The van der Waals surface area contributed by atoms with Gasteiger partial charge in [-0.15, -0.1) is 0 Å². The van der Waals surface area contributed by atoms with Crippen LogP contribution in [0.15, 0.2) is 30.3 Å². The highest BCUT2D eigenvalue weighted by Gasteiger charge is 2.21. The summed E-state index contributed by atoms with van der Waals surface area (Å²) >= 11 is 0.